The molecule has 0 spiro atoms. The van der Waals surface area contributed by atoms with E-state index in [1.54, 1.807) is 0 Å². The van der Waals surface area contributed by atoms with Crippen molar-refractivity contribution in [3.8, 4) is 0 Å². The number of hydrogen-bond donors (Lipinski definition) is 2. The molecule has 1 unspecified atom stereocenters. The third-order valence-corrected chi connectivity index (χ3v) is 3.62. The minimum atomic E-state index is -0.731. The molecule has 2 heterocycles. The summed E-state index contributed by atoms with van der Waals surface area (Å²) in [6, 6.07) is -0.361. The van der Waals surface area contributed by atoms with Crippen LogP contribution in [0.4, 0.5) is 0 Å². The fourth-order valence-electron chi connectivity index (χ4n) is 1.66. The fourth-order valence-corrected chi connectivity index (χ4v) is 2.89. The van der Waals surface area contributed by atoms with Crippen molar-refractivity contribution < 1.29 is 9.90 Å². The van der Waals surface area contributed by atoms with Gasteiger partial charge in [0.05, 0.1) is 5.37 Å². The first-order valence-corrected chi connectivity index (χ1v) is 5.14. The van der Waals surface area contributed by atoms with Crippen LogP contribution in [-0.2, 0) is 4.79 Å². The van der Waals surface area contributed by atoms with E-state index in [0.717, 1.165) is 18.8 Å². The normalized spacial score (nSPS) is 36.3. The van der Waals surface area contributed by atoms with Crippen LogP contribution in [0.3, 0.4) is 0 Å². The van der Waals surface area contributed by atoms with Gasteiger partial charge in [-0.1, -0.05) is 0 Å². The molecule has 0 amide bonds. The highest BCUT2D eigenvalue weighted by Crippen LogP contribution is 2.25. The lowest BCUT2D eigenvalue weighted by Gasteiger charge is -2.33. The van der Waals surface area contributed by atoms with Gasteiger partial charge in [0.1, 0.15) is 6.04 Å². The third-order valence-electron chi connectivity index (χ3n) is 2.35. The lowest BCUT2D eigenvalue weighted by molar-refractivity contribution is -0.140. The summed E-state index contributed by atoms with van der Waals surface area (Å²) in [4.78, 5) is 12.9. The molecule has 0 radical (unpaired) electrons. The Labute approximate surface area is 75.3 Å². The molecule has 5 heteroatoms. The Morgan fingerprint density at radius 2 is 2.50 bits per heavy atom. The van der Waals surface area contributed by atoms with Gasteiger partial charge in [-0.25, -0.2) is 0 Å². The minimum absolute atomic E-state index is 0.361. The van der Waals surface area contributed by atoms with Crippen LogP contribution in [0.1, 0.15) is 0 Å². The number of carbonyl (C=O) groups is 1. The summed E-state index contributed by atoms with van der Waals surface area (Å²) >= 11 is 1.91. The topological polar surface area (TPSA) is 52.6 Å². The van der Waals surface area contributed by atoms with Gasteiger partial charge < -0.3 is 10.4 Å². The summed E-state index contributed by atoms with van der Waals surface area (Å²) in [5.41, 5.74) is 0. The summed E-state index contributed by atoms with van der Waals surface area (Å²) in [6.07, 6.45) is 0. The van der Waals surface area contributed by atoms with Crippen LogP contribution < -0.4 is 5.32 Å². The molecule has 4 nitrogen and oxygen atoms in total. The third kappa shape index (κ3) is 1.44. The Hall–Kier alpha value is -0.260. The number of rotatable bonds is 1. The maximum absolute atomic E-state index is 10.6. The van der Waals surface area contributed by atoms with Crippen LogP contribution in [0.15, 0.2) is 0 Å². The van der Waals surface area contributed by atoms with Crippen LogP contribution in [0.25, 0.3) is 0 Å². The van der Waals surface area contributed by atoms with Crippen molar-refractivity contribution in [2.75, 3.05) is 25.4 Å². The maximum atomic E-state index is 10.6. The zero-order valence-corrected chi connectivity index (χ0v) is 7.51. The van der Waals surface area contributed by atoms with Crippen LogP contribution in [0, 0.1) is 0 Å². The molecule has 0 bridgehead atoms. The molecule has 2 saturated heterocycles. The number of nitrogens with one attached hydrogen (secondary N) is 1. The van der Waals surface area contributed by atoms with E-state index in [4.69, 9.17) is 5.11 Å². The van der Waals surface area contributed by atoms with Gasteiger partial charge in [0.15, 0.2) is 0 Å². The Balaban J connectivity index is 1.96. The number of carboxylic acid groups (broad SMARTS) is 1. The van der Waals surface area contributed by atoms with E-state index >= 15 is 0 Å². The van der Waals surface area contributed by atoms with Crippen molar-refractivity contribution in [3.63, 3.8) is 0 Å². The fraction of sp³-hybridized carbons (Fsp3) is 0.857. The van der Waals surface area contributed by atoms with Gasteiger partial charge in [0.25, 0.3) is 0 Å². The van der Waals surface area contributed by atoms with Crippen LogP contribution >= 0.6 is 11.8 Å². The van der Waals surface area contributed by atoms with Gasteiger partial charge in [0, 0.05) is 25.4 Å². The Morgan fingerprint density at radius 3 is 3.25 bits per heavy atom. The molecule has 0 aliphatic carbocycles. The first-order chi connectivity index (χ1) is 5.77. The zero-order valence-electron chi connectivity index (χ0n) is 6.69. The van der Waals surface area contributed by atoms with Gasteiger partial charge in [0.2, 0.25) is 0 Å². The molecule has 2 fully saturated rings. The van der Waals surface area contributed by atoms with E-state index in [-0.39, 0.29) is 6.04 Å². The van der Waals surface area contributed by atoms with Crippen molar-refractivity contribution in [3.05, 3.63) is 0 Å². The Morgan fingerprint density at radius 1 is 1.67 bits per heavy atom. The number of hydrogen-bond acceptors (Lipinski definition) is 4. The number of nitrogens with zero attached hydrogens (tertiary/aromatic N) is 1. The van der Waals surface area contributed by atoms with Gasteiger partial charge in [-0.05, 0) is 0 Å². The summed E-state index contributed by atoms with van der Waals surface area (Å²) in [7, 11) is 0. The summed E-state index contributed by atoms with van der Waals surface area (Å²) < 4.78 is 0. The number of fused-ring (bicyclic) bond motifs is 1. The number of piperazine rings is 1. The molecule has 2 atom stereocenters. The van der Waals surface area contributed by atoms with Crippen LogP contribution in [0.5, 0.6) is 0 Å². The van der Waals surface area contributed by atoms with E-state index < -0.39 is 5.97 Å². The molecule has 2 N–H and O–H groups in total. The molecule has 2 aliphatic rings. The quantitative estimate of drug-likeness (QED) is 0.576. The number of aliphatic carboxylic acids is 1. The predicted molar refractivity (Wildman–Crippen MR) is 47.2 cm³/mol. The largest absolute Gasteiger partial charge is 0.480 e. The predicted octanol–water partition coefficient (Wildman–Crippen LogP) is -0.582. The van der Waals surface area contributed by atoms with Crippen molar-refractivity contribution >= 4 is 17.7 Å². The summed E-state index contributed by atoms with van der Waals surface area (Å²) in [5.74, 6) is 0.406. The van der Waals surface area contributed by atoms with E-state index in [9.17, 15) is 4.79 Å². The summed E-state index contributed by atoms with van der Waals surface area (Å²) in [6.45, 7) is 2.51. The standard InChI is InChI=1S/C7H12N2O2S/c10-7(11)5-4-9-1-2-12-6(9)3-8-5/h5-6,8H,1-4H2,(H,10,11)/t5-,6?/m0/s1. The Kier molecular flexibility index (Phi) is 2.25. The zero-order chi connectivity index (χ0) is 8.55. The first kappa shape index (κ1) is 8.34. The SMILES string of the molecule is O=C(O)[C@@H]1CN2CCSC2CN1. The minimum Gasteiger partial charge on any atom is -0.480 e. The molecule has 0 aromatic carbocycles. The highest BCUT2D eigenvalue weighted by molar-refractivity contribution is 8.00. The average Bonchev–Trinajstić information content (AvgIpc) is 2.49. The molecule has 12 heavy (non-hydrogen) atoms. The molecule has 0 aromatic heterocycles. The Bertz CT molecular complexity index is 200. The lowest BCUT2D eigenvalue weighted by atomic mass is 10.2. The average molecular weight is 188 g/mol. The van der Waals surface area contributed by atoms with E-state index in [2.05, 4.69) is 10.2 Å². The maximum Gasteiger partial charge on any atom is 0.322 e. The van der Waals surface area contributed by atoms with Gasteiger partial charge in [-0.2, -0.15) is 0 Å². The van der Waals surface area contributed by atoms with Crippen LogP contribution in [0.2, 0.25) is 0 Å². The van der Waals surface area contributed by atoms with E-state index in [0.29, 0.717) is 11.9 Å². The van der Waals surface area contributed by atoms with Crippen molar-refractivity contribution in [1.29, 1.82) is 0 Å². The lowest BCUT2D eigenvalue weighted by Crippen LogP contribution is -2.56. The second kappa shape index (κ2) is 3.24. The highest BCUT2D eigenvalue weighted by Gasteiger charge is 2.34. The highest BCUT2D eigenvalue weighted by atomic mass is 32.2. The molecule has 68 valence electrons. The number of carboxylic acids is 1. The molecular formula is C7H12N2O2S. The smallest absolute Gasteiger partial charge is 0.322 e. The van der Waals surface area contributed by atoms with E-state index in [1.807, 2.05) is 11.8 Å². The molecule has 0 saturated carbocycles. The summed E-state index contributed by atoms with van der Waals surface area (Å²) in [5, 5.41) is 12.3. The van der Waals surface area contributed by atoms with Crippen molar-refractivity contribution in [2.24, 2.45) is 0 Å². The van der Waals surface area contributed by atoms with Crippen molar-refractivity contribution in [1.82, 2.24) is 10.2 Å². The van der Waals surface area contributed by atoms with Gasteiger partial charge in [-0.3, -0.25) is 9.69 Å². The van der Waals surface area contributed by atoms with Crippen LogP contribution in [-0.4, -0.2) is 52.8 Å². The van der Waals surface area contributed by atoms with Crippen molar-refractivity contribution in [2.45, 2.75) is 11.4 Å². The molecule has 2 rings (SSSR count). The molecule has 0 aromatic rings. The van der Waals surface area contributed by atoms with Gasteiger partial charge in [-0.15, -0.1) is 11.8 Å². The van der Waals surface area contributed by atoms with E-state index in [1.165, 1.54) is 0 Å². The number of thioether (sulfide) groups is 1. The first-order valence-electron chi connectivity index (χ1n) is 4.09. The monoisotopic (exact) mass is 188 g/mol. The molecular weight excluding hydrogens is 176 g/mol. The van der Waals surface area contributed by atoms with Gasteiger partial charge >= 0.3 is 5.97 Å². The molecule has 2 aliphatic heterocycles. The second-order valence-electron chi connectivity index (χ2n) is 3.12. The second-order valence-corrected chi connectivity index (χ2v) is 4.41.